The molecule has 0 unspecified atom stereocenters. The van der Waals surface area contributed by atoms with Gasteiger partial charge in [0.2, 0.25) is 0 Å². The summed E-state index contributed by atoms with van der Waals surface area (Å²) in [6, 6.07) is 2.38. The van der Waals surface area contributed by atoms with Crippen LogP contribution in [0.3, 0.4) is 0 Å². The molecule has 2 aliphatic heterocycles. The zero-order valence-corrected chi connectivity index (χ0v) is 17.9. The van der Waals surface area contributed by atoms with E-state index in [1.54, 1.807) is 12.1 Å². The zero-order chi connectivity index (χ0) is 22.2. The zero-order valence-electron chi connectivity index (χ0n) is 17.9. The van der Waals surface area contributed by atoms with Gasteiger partial charge in [-0.15, -0.1) is 0 Å². The van der Waals surface area contributed by atoms with Gasteiger partial charge in [-0.05, 0) is 42.2 Å². The first-order chi connectivity index (χ1) is 14.4. The molecular formula is C22H27F3N4O2. The number of anilines is 1. The van der Waals surface area contributed by atoms with Crippen LogP contribution in [0.2, 0.25) is 0 Å². The van der Waals surface area contributed by atoms with E-state index in [0.717, 1.165) is 23.9 Å². The molecule has 168 valence electrons. The van der Waals surface area contributed by atoms with Gasteiger partial charge in [0.05, 0.1) is 12.3 Å². The van der Waals surface area contributed by atoms with E-state index in [0.29, 0.717) is 12.3 Å². The molecule has 31 heavy (non-hydrogen) atoms. The molecule has 1 aliphatic carbocycles. The molecule has 0 spiro atoms. The van der Waals surface area contributed by atoms with Crippen molar-refractivity contribution in [3.8, 4) is 0 Å². The summed E-state index contributed by atoms with van der Waals surface area (Å²) in [5.74, 6) is 0.329. The molecule has 6 nitrogen and oxygen atoms in total. The Bertz CT molecular complexity index is 997. The third-order valence-corrected chi connectivity index (χ3v) is 6.97. The van der Waals surface area contributed by atoms with E-state index in [1.807, 2.05) is 4.90 Å². The van der Waals surface area contributed by atoms with E-state index in [4.69, 9.17) is 4.42 Å². The van der Waals surface area contributed by atoms with Crippen LogP contribution in [0.1, 0.15) is 74.8 Å². The minimum Gasteiger partial charge on any atom is -0.467 e. The molecule has 5 rings (SSSR count). The van der Waals surface area contributed by atoms with Crippen molar-refractivity contribution in [2.75, 3.05) is 11.9 Å². The van der Waals surface area contributed by atoms with Crippen LogP contribution < -0.4 is 5.32 Å². The molecule has 0 aromatic carbocycles. The largest absolute Gasteiger partial charge is 0.467 e. The fourth-order valence-corrected chi connectivity index (χ4v) is 6.20. The lowest BCUT2D eigenvalue weighted by atomic mass is 9.65. The highest BCUT2D eigenvalue weighted by Crippen LogP contribution is 2.53. The Hall–Kier alpha value is -2.45. The predicted octanol–water partition coefficient (Wildman–Crippen LogP) is 5.18. The van der Waals surface area contributed by atoms with Crippen molar-refractivity contribution in [1.29, 1.82) is 0 Å². The van der Waals surface area contributed by atoms with Gasteiger partial charge in [0, 0.05) is 25.1 Å². The molecule has 1 saturated heterocycles. The Balaban J connectivity index is 1.46. The molecule has 3 aliphatic rings. The van der Waals surface area contributed by atoms with Crippen LogP contribution in [-0.4, -0.2) is 39.4 Å². The van der Waals surface area contributed by atoms with E-state index in [-0.39, 0.29) is 40.7 Å². The molecule has 0 radical (unpaired) electrons. The summed E-state index contributed by atoms with van der Waals surface area (Å²) in [6.07, 6.45) is -0.449. The second-order valence-corrected chi connectivity index (χ2v) is 10.5. The van der Waals surface area contributed by atoms with Gasteiger partial charge in [0.25, 0.3) is 5.91 Å². The van der Waals surface area contributed by atoms with Gasteiger partial charge in [-0.1, -0.05) is 20.8 Å². The monoisotopic (exact) mass is 436 g/mol. The predicted molar refractivity (Wildman–Crippen MR) is 108 cm³/mol. The number of furan rings is 1. The molecule has 2 bridgehead atoms. The molecule has 1 N–H and O–H groups in total. The van der Waals surface area contributed by atoms with Gasteiger partial charge >= 0.3 is 6.18 Å². The third kappa shape index (κ3) is 3.51. The average Bonchev–Trinajstić information content (AvgIpc) is 3.35. The quantitative estimate of drug-likeness (QED) is 0.705. The van der Waals surface area contributed by atoms with E-state index in [1.165, 1.54) is 12.3 Å². The van der Waals surface area contributed by atoms with Crippen molar-refractivity contribution in [1.82, 2.24) is 14.7 Å². The van der Waals surface area contributed by atoms with Crippen molar-refractivity contribution in [3.05, 3.63) is 35.9 Å². The number of likely N-dealkylation sites (tertiary alicyclic amines) is 1. The van der Waals surface area contributed by atoms with Crippen molar-refractivity contribution in [2.45, 2.75) is 70.8 Å². The number of rotatable bonds is 2. The summed E-state index contributed by atoms with van der Waals surface area (Å²) in [6.45, 7) is 7.25. The minimum atomic E-state index is -4.49. The Morgan fingerprint density at radius 2 is 2.06 bits per heavy atom. The highest BCUT2D eigenvalue weighted by molar-refractivity contribution is 5.93. The SMILES string of the molecule is CC1(C)C[C@H]2C[C@](C)(CN2C(=O)c2cc3n(n2)[C@H](C(F)(F)F)C[C@H](c2ccco2)N3)C1. The maximum atomic E-state index is 13.8. The summed E-state index contributed by atoms with van der Waals surface area (Å²) in [5.41, 5.74) is 0.239. The van der Waals surface area contributed by atoms with Crippen LogP contribution in [0.25, 0.3) is 0 Å². The normalized spacial score (nSPS) is 31.9. The summed E-state index contributed by atoms with van der Waals surface area (Å²) < 4.78 is 47.8. The standard InChI is InChI=1S/C22H27F3N4O2/c1-20(2)9-13-10-21(3,11-20)12-28(13)19(30)15-8-18-26-14(16-5-4-6-31-16)7-17(22(23,24)25)29(18)27-15/h4-6,8,13-14,17,26H,7,9-12H2,1-3H3/t13-,14+,17-,21-/m0/s1. The van der Waals surface area contributed by atoms with Gasteiger partial charge in [0.15, 0.2) is 11.7 Å². The number of halogens is 3. The maximum absolute atomic E-state index is 13.8. The van der Waals surface area contributed by atoms with Gasteiger partial charge in [-0.25, -0.2) is 4.68 Å². The van der Waals surface area contributed by atoms with E-state index < -0.39 is 18.3 Å². The number of nitrogens with one attached hydrogen (secondary N) is 1. The molecule has 1 amide bonds. The summed E-state index contributed by atoms with van der Waals surface area (Å²) in [4.78, 5) is 15.2. The minimum absolute atomic E-state index is 0.0402. The van der Waals surface area contributed by atoms with Crippen molar-refractivity contribution < 1.29 is 22.4 Å². The Morgan fingerprint density at radius 3 is 2.74 bits per heavy atom. The Morgan fingerprint density at radius 1 is 1.29 bits per heavy atom. The van der Waals surface area contributed by atoms with Crippen molar-refractivity contribution in [3.63, 3.8) is 0 Å². The number of hydrogen-bond donors (Lipinski definition) is 1. The van der Waals surface area contributed by atoms with Crippen LogP contribution in [0.5, 0.6) is 0 Å². The van der Waals surface area contributed by atoms with E-state index in [9.17, 15) is 18.0 Å². The highest BCUT2D eigenvalue weighted by atomic mass is 19.4. The maximum Gasteiger partial charge on any atom is 0.410 e. The van der Waals surface area contributed by atoms with Crippen molar-refractivity contribution >= 4 is 11.7 Å². The Kier molecular flexibility index (Phi) is 4.31. The lowest BCUT2D eigenvalue weighted by Gasteiger charge is -2.39. The number of carbonyl (C=O) groups is 1. The number of amides is 1. The molecular weight excluding hydrogens is 409 g/mol. The van der Waals surface area contributed by atoms with Gasteiger partial charge < -0.3 is 14.6 Å². The molecule has 9 heteroatoms. The first-order valence-electron chi connectivity index (χ1n) is 10.7. The molecule has 4 heterocycles. The van der Waals surface area contributed by atoms with Crippen LogP contribution in [0.4, 0.5) is 19.0 Å². The van der Waals surface area contributed by atoms with Crippen LogP contribution >= 0.6 is 0 Å². The third-order valence-electron chi connectivity index (χ3n) is 6.97. The molecule has 2 aromatic rings. The topological polar surface area (TPSA) is 63.3 Å². The van der Waals surface area contributed by atoms with Crippen molar-refractivity contribution in [2.24, 2.45) is 10.8 Å². The second kappa shape index (κ2) is 6.53. The summed E-state index contributed by atoms with van der Waals surface area (Å²) in [7, 11) is 0. The second-order valence-electron chi connectivity index (χ2n) is 10.5. The van der Waals surface area contributed by atoms with Gasteiger partial charge in [-0.3, -0.25) is 4.79 Å². The lowest BCUT2D eigenvalue weighted by Crippen LogP contribution is -2.38. The van der Waals surface area contributed by atoms with Crippen LogP contribution in [0.15, 0.2) is 28.9 Å². The number of fused-ring (bicyclic) bond motifs is 3. The molecule has 2 fully saturated rings. The summed E-state index contributed by atoms with van der Waals surface area (Å²) >= 11 is 0. The smallest absolute Gasteiger partial charge is 0.410 e. The number of carbonyl (C=O) groups excluding carboxylic acids is 1. The van der Waals surface area contributed by atoms with Gasteiger partial charge in [-0.2, -0.15) is 18.3 Å². The number of hydrogen-bond acceptors (Lipinski definition) is 4. The fraction of sp³-hybridized carbons (Fsp3) is 0.636. The Labute approximate surface area is 178 Å². The van der Waals surface area contributed by atoms with Crippen LogP contribution in [-0.2, 0) is 0 Å². The first-order valence-corrected chi connectivity index (χ1v) is 10.7. The first kappa shape index (κ1) is 20.5. The summed E-state index contributed by atoms with van der Waals surface area (Å²) in [5, 5.41) is 7.21. The number of nitrogens with zero attached hydrogens (tertiary/aromatic N) is 3. The molecule has 1 saturated carbocycles. The fourth-order valence-electron chi connectivity index (χ4n) is 6.20. The average molecular weight is 436 g/mol. The van der Waals surface area contributed by atoms with Gasteiger partial charge in [0.1, 0.15) is 11.6 Å². The van der Waals surface area contributed by atoms with E-state index >= 15 is 0 Å². The molecule has 2 aromatic heterocycles. The molecule has 4 atom stereocenters. The lowest BCUT2D eigenvalue weighted by molar-refractivity contribution is -0.174. The number of alkyl halides is 3. The number of aromatic nitrogens is 2. The van der Waals surface area contributed by atoms with E-state index in [2.05, 4.69) is 31.2 Å². The highest BCUT2D eigenvalue weighted by Gasteiger charge is 2.52. The van der Waals surface area contributed by atoms with Crippen LogP contribution in [0, 0.1) is 10.8 Å².